The second-order valence-electron chi connectivity index (χ2n) is 5.22. The summed E-state index contributed by atoms with van der Waals surface area (Å²) in [5, 5.41) is 16.2. The summed E-state index contributed by atoms with van der Waals surface area (Å²) in [6.45, 7) is 1.24. The molecule has 1 atom stereocenters. The van der Waals surface area contributed by atoms with Crippen LogP contribution >= 0.6 is 15.9 Å². The molecular formula is C15H21BrN2O2. The highest BCUT2D eigenvalue weighted by molar-refractivity contribution is 9.10. The normalized spacial score (nSPS) is 15.9. The predicted molar refractivity (Wildman–Crippen MR) is 82.4 cm³/mol. The van der Waals surface area contributed by atoms with E-state index in [0.717, 1.165) is 35.8 Å². The van der Waals surface area contributed by atoms with Gasteiger partial charge in [0.15, 0.2) is 0 Å². The van der Waals surface area contributed by atoms with Crippen molar-refractivity contribution >= 4 is 21.8 Å². The van der Waals surface area contributed by atoms with E-state index in [1.807, 2.05) is 24.3 Å². The Hall–Kier alpha value is -0.910. The Morgan fingerprint density at radius 2 is 2.25 bits per heavy atom. The number of rotatable bonds is 8. The summed E-state index contributed by atoms with van der Waals surface area (Å²) < 4.78 is 0.964. The number of hydrogen-bond acceptors (Lipinski definition) is 3. The third kappa shape index (κ3) is 5.61. The fourth-order valence-electron chi connectivity index (χ4n) is 1.97. The number of carbonyl (C=O) groups excluding carboxylic acids is 1. The van der Waals surface area contributed by atoms with Crippen LogP contribution in [0.3, 0.4) is 0 Å². The Kier molecular flexibility index (Phi) is 6.01. The van der Waals surface area contributed by atoms with E-state index in [4.69, 9.17) is 0 Å². The molecule has 110 valence electrons. The van der Waals surface area contributed by atoms with Gasteiger partial charge in [-0.05, 0) is 43.5 Å². The summed E-state index contributed by atoms with van der Waals surface area (Å²) in [7, 11) is 0. The number of halogens is 1. The Morgan fingerprint density at radius 1 is 1.45 bits per heavy atom. The Bertz CT molecular complexity index is 449. The van der Waals surface area contributed by atoms with Gasteiger partial charge < -0.3 is 15.7 Å². The van der Waals surface area contributed by atoms with E-state index >= 15 is 0 Å². The van der Waals surface area contributed by atoms with Crippen molar-refractivity contribution in [3.63, 3.8) is 0 Å². The SMILES string of the molecule is O=C(CCCNCC(O)c1cccc(Br)c1)NC1CC1. The van der Waals surface area contributed by atoms with Crippen LogP contribution in [0.1, 0.15) is 37.4 Å². The first-order chi connectivity index (χ1) is 9.65. The molecule has 20 heavy (non-hydrogen) atoms. The van der Waals surface area contributed by atoms with Crippen LogP contribution in [-0.4, -0.2) is 30.1 Å². The monoisotopic (exact) mass is 340 g/mol. The van der Waals surface area contributed by atoms with Crippen LogP contribution in [0.15, 0.2) is 28.7 Å². The van der Waals surface area contributed by atoms with E-state index in [1.165, 1.54) is 0 Å². The lowest BCUT2D eigenvalue weighted by Crippen LogP contribution is -2.27. The minimum absolute atomic E-state index is 0.141. The smallest absolute Gasteiger partial charge is 0.220 e. The number of amides is 1. The van der Waals surface area contributed by atoms with Gasteiger partial charge in [0.25, 0.3) is 0 Å². The fourth-order valence-corrected chi connectivity index (χ4v) is 2.39. The number of aliphatic hydroxyl groups excluding tert-OH is 1. The van der Waals surface area contributed by atoms with Crippen molar-refractivity contribution in [2.45, 2.75) is 37.8 Å². The highest BCUT2D eigenvalue weighted by Gasteiger charge is 2.22. The maximum absolute atomic E-state index is 11.5. The molecule has 3 N–H and O–H groups in total. The van der Waals surface area contributed by atoms with Crippen molar-refractivity contribution in [1.82, 2.24) is 10.6 Å². The topological polar surface area (TPSA) is 61.4 Å². The van der Waals surface area contributed by atoms with Gasteiger partial charge in [-0.2, -0.15) is 0 Å². The van der Waals surface area contributed by atoms with E-state index in [0.29, 0.717) is 19.0 Å². The van der Waals surface area contributed by atoms with E-state index in [2.05, 4.69) is 26.6 Å². The van der Waals surface area contributed by atoms with Crippen molar-refractivity contribution in [3.05, 3.63) is 34.3 Å². The molecular weight excluding hydrogens is 320 g/mol. The molecule has 1 aliphatic carbocycles. The summed E-state index contributed by atoms with van der Waals surface area (Å²) in [6, 6.07) is 8.09. The first kappa shape index (κ1) is 15.5. The molecule has 0 spiro atoms. The van der Waals surface area contributed by atoms with E-state index in [1.54, 1.807) is 0 Å². The number of carbonyl (C=O) groups is 1. The van der Waals surface area contributed by atoms with E-state index in [9.17, 15) is 9.90 Å². The predicted octanol–water partition coefficient (Wildman–Crippen LogP) is 2.13. The van der Waals surface area contributed by atoms with Crippen molar-refractivity contribution in [2.24, 2.45) is 0 Å². The zero-order valence-corrected chi connectivity index (χ0v) is 13.0. The Balaban J connectivity index is 1.57. The molecule has 1 fully saturated rings. The standard InChI is InChI=1S/C15H21BrN2O2/c16-12-4-1-3-11(9-12)14(19)10-17-8-2-5-15(20)18-13-6-7-13/h1,3-4,9,13-14,17,19H,2,5-8,10H2,(H,18,20). The van der Waals surface area contributed by atoms with Crippen molar-refractivity contribution in [3.8, 4) is 0 Å². The van der Waals surface area contributed by atoms with E-state index in [-0.39, 0.29) is 5.91 Å². The zero-order valence-electron chi connectivity index (χ0n) is 11.4. The van der Waals surface area contributed by atoms with Gasteiger partial charge >= 0.3 is 0 Å². The summed E-state index contributed by atoms with van der Waals surface area (Å²) in [4.78, 5) is 11.5. The van der Waals surface area contributed by atoms with Gasteiger partial charge in [0.2, 0.25) is 5.91 Å². The van der Waals surface area contributed by atoms with Gasteiger partial charge in [0.05, 0.1) is 6.10 Å². The summed E-state index contributed by atoms with van der Waals surface area (Å²) in [6.07, 6.45) is 3.08. The number of benzene rings is 1. The molecule has 0 heterocycles. The van der Waals surface area contributed by atoms with Crippen LogP contribution in [-0.2, 0) is 4.79 Å². The highest BCUT2D eigenvalue weighted by atomic mass is 79.9. The molecule has 1 aromatic rings. The molecule has 0 bridgehead atoms. The molecule has 1 unspecified atom stereocenters. The lowest BCUT2D eigenvalue weighted by Gasteiger charge is -2.12. The molecule has 1 aliphatic rings. The van der Waals surface area contributed by atoms with Gasteiger partial charge in [0, 0.05) is 23.5 Å². The quantitative estimate of drug-likeness (QED) is 0.635. The minimum Gasteiger partial charge on any atom is -0.387 e. The number of hydrogen-bond donors (Lipinski definition) is 3. The molecule has 5 heteroatoms. The lowest BCUT2D eigenvalue weighted by atomic mass is 10.1. The highest BCUT2D eigenvalue weighted by Crippen LogP contribution is 2.19. The average molecular weight is 341 g/mol. The van der Waals surface area contributed by atoms with Crippen LogP contribution in [0, 0.1) is 0 Å². The average Bonchev–Trinajstić information content (AvgIpc) is 3.22. The van der Waals surface area contributed by atoms with Crippen molar-refractivity contribution in [2.75, 3.05) is 13.1 Å². The third-order valence-electron chi connectivity index (χ3n) is 3.27. The fraction of sp³-hybridized carbons (Fsp3) is 0.533. The number of aliphatic hydroxyl groups is 1. The molecule has 0 aromatic heterocycles. The third-order valence-corrected chi connectivity index (χ3v) is 3.76. The largest absolute Gasteiger partial charge is 0.387 e. The molecule has 1 aromatic carbocycles. The Labute approximate surface area is 128 Å². The van der Waals surface area contributed by atoms with Gasteiger partial charge in [-0.3, -0.25) is 4.79 Å². The zero-order chi connectivity index (χ0) is 14.4. The van der Waals surface area contributed by atoms with Crippen LogP contribution in [0.4, 0.5) is 0 Å². The lowest BCUT2D eigenvalue weighted by molar-refractivity contribution is -0.121. The second kappa shape index (κ2) is 7.76. The molecule has 1 amide bonds. The second-order valence-corrected chi connectivity index (χ2v) is 6.14. The molecule has 1 saturated carbocycles. The first-order valence-electron chi connectivity index (χ1n) is 7.09. The van der Waals surface area contributed by atoms with E-state index < -0.39 is 6.10 Å². The van der Waals surface area contributed by atoms with Gasteiger partial charge in [-0.1, -0.05) is 28.1 Å². The molecule has 0 aliphatic heterocycles. The van der Waals surface area contributed by atoms with Gasteiger partial charge in [-0.25, -0.2) is 0 Å². The van der Waals surface area contributed by atoms with Crippen LogP contribution < -0.4 is 10.6 Å². The van der Waals surface area contributed by atoms with Crippen molar-refractivity contribution in [1.29, 1.82) is 0 Å². The summed E-state index contributed by atoms with van der Waals surface area (Å²) in [5.41, 5.74) is 0.887. The van der Waals surface area contributed by atoms with Crippen LogP contribution in [0.25, 0.3) is 0 Å². The summed E-state index contributed by atoms with van der Waals surface area (Å²) in [5.74, 6) is 0.141. The van der Waals surface area contributed by atoms with Crippen LogP contribution in [0.2, 0.25) is 0 Å². The van der Waals surface area contributed by atoms with Gasteiger partial charge in [-0.15, -0.1) is 0 Å². The maximum atomic E-state index is 11.5. The first-order valence-corrected chi connectivity index (χ1v) is 7.88. The Morgan fingerprint density at radius 3 is 2.95 bits per heavy atom. The minimum atomic E-state index is -0.521. The summed E-state index contributed by atoms with van der Waals surface area (Å²) >= 11 is 3.39. The number of nitrogens with one attached hydrogen (secondary N) is 2. The molecule has 2 rings (SSSR count). The van der Waals surface area contributed by atoms with Crippen LogP contribution in [0.5, 0.6) is 0 Å². The molecule has 4 nitrogen and oxygen atoms in total. The molecule has 0 radical (unpaired) electrons. The van der Waals surface area contributed by atoms with Crippen molar-refractivity contribution < 1.29 is 9.90 Å². The molecule has 0 saturated heterocycles. The maximum Gasteiger partial charge on any atom is 0.220 e. The van der Waals surface area contributed by atoms with Gasteiger partial charge in [0.1, 0.15) is 0 Å².